The van der Waals surface area contributed by atoms with Crippen molar-refractivity contribution in [3.63, 3.8) is 0 Å². The van der Waals surface area contributed by atoms with Crippen molar-refractivity contribution in [1.82, 2.24) is 0 Å². The topological polar surface area (TPSA) is 33.0 Å². The summed E-state index contributed by atoms with van der Waals surface area (Å²) in [5.74, 6) is 0. The third-order valence-corrected chi connectivity index (χ3v) is 1.62. The minimum Gasteiger partial charge on any atom is -0.379 e. The van der Waals surface area contributed by atoms with Crippen molar-refractivity contribution in [3.8, 4) is 6.07 Å². The number of rotatable bonds is 4. The van der Waals surface area contributed by atoms with Crippen LogP contribution in [0.5, 0.6) is 0 Å². The van der Waals surface area contributed by atoms with Crippen LogP contribution in [-0.2, 0) is 4.74 Å². The summed E-state index contributed by atoms with van der Waals surface area (Å²) in [5.41, 5.74) is -0.0587. The number of hydrogen-bond acceptors (Lipinski definition) is 2. The van der Waals surface area contributed by atoms with E-state index in [1.54, 1.807) is 7.11 Å². The molecule has 0 saturated heterocycles. The first-order chi connectivity index (χ1) is 4.62. The number of nitriles is 1. The van der Waals surface area contributed by atoms with Crippen molar-refractivity contribution in [1.29, 1.82) is 5.26 Å². The molecule has 0 heterocycles. The van der Waals surface area contributed by atoms with Crippen LogP contribution in [0.2, 0.25) is 0 Å². The Kier molecular flexibility index (Phi) is 4.06. The van der Waals surface area contributed by atoms with Crippen LogP contribution in [0.3, 0.4) is 0 Å². The Morgan fingerprint density at radius 3 is 2.50 bits per heavy atom. The molecule has 0 amide bonds. The number of methoxy groups -OCH3 is 1. The van der Waals surface area contributed by atoms with E-state index < -0.39 is 0 Å². The molecule has 0 atom stereocenters. The molecule has 0 N–H and O–H groups in total. The van der Waals surface area contributed by atoms with Gasteiger partial charge in [-0.25, -0.2) is 0 Å². The summed E-state index contributed by atoms with van der Waals surface area (Å²) in [6.07, 6.45) is 2.52. The van der Waals surface area contributed by atoms with Crippen LogP contribution in [0.15, 0.2) is 0 Å². The molecular weight excluding hydrogens is 126 g/mol. The van der Waals surface area contributed by atoms with Crippen LogP contribution in [0.4, 0.5) is 0 Å². The van der Waals surface area contributed by atoms with Crippen LogP contribution in [0.25, 0.3) is 0 Å². The molecule has 10 heavy (non-hydrogen) atoms. The van der Waals surface area contributed by atoms with Gasteiger partial charge in [0.1, 0.15) is 0 Å². The maximum Gasteiger partial charge on any atom is 0.0623 e. The van der Waals surface area contributed by atoms with Crippen molar-refractivity contribution >= 4 is 0 Å². The summed E-state index contributed by atoms with van der Waals surface area (Å²) < 4.78 is 5.17. The predicted molar refractivity (Wildman–Crippen MR) is 40.6 cm³/mol. The quantitative estimate of drug-likeness (QED) is 0.562. The van der Waals surface area contributed by atoms with Crippen LogP contribution >= 0.6 is 0 Å². The van der Waals surface area contributed by atoms with E-state index in [4.69, 9.17) is 10.00 Å². The van der Waals surface area contributed by atoms with E-state index in [9.17, 15) is 0 Å². The maximum atomic E-state index is 8.24. The second-order valence-corrected chi connectivity index (χ2v) is 2.98. The van der Waals surface area contributed by atoms with Crippen LogP contribution < -0.4 is 0 Å². The second-order valence-electron chi connectivity index (χ2n) is 2.98. The number of nitrogens with zero attached hydrogens (tertiary/aromatic N) is 1. The molecule has 0 aliphatic rings. The van der Waals surface area contributed by atoms with Gasteiger partial charge in [-0.05, 0) is 26.7 Å². The Balaban J connectivity index is 3.39. The molecular formula is C8H15NO. The van der Waals surface area contributed by atoms with Gasteiger partial charge in [0.05, 0.1) is 11.7 Å². The zero-order valence-corrected chi connectivity index (χ0v) is 6.98. The highest BCUT2D eigenvalue weighted by molar-refractivity contribution is 4.73. The summed E-state index contributed by atoms with van der Waals surface area (Å²) >= 11 is 0. The minimum absolute atomic E-state index is 0.0587. The molecule has 0 unspecified atom stereocenters. The lowest BCUT2D eigenvalue weighted by Gasteiger charge is -2.21. The molecule has 0 aromatic heterocycles. The van der Waals surface area contributed by atoms with E-state index in [0.717, 1.165) is 12.8 Å². The maximum absolute atomic E-state index is 8.24. The van der Waals surface area contributed by atoms with Gasteiger partial charge in [0, 0.05) is 13.5 Å². The third-order valence-electron chi connectivity index (χ3n) is 1.62. The molecule has 0 aliphatic carbocycles. The zero-order valence-electron chi connectivity index (χ0n) is 6.98. The number of ether oxygens (including phenoxy) is 1. The molecule has 58 valence electrons. The second kappa shape index (κ2) is 4.29. The van der Waals surface area contributed by atoms with E-state index in [-0.39, 0.29) is 5.60 Å². The standard InChI is InChI=1S/C8H15NO/c1-8(2,10-3)6-4-5-7-9/h4-6H2,1-3H3. The molecule has 0 rings (SSSR count). The van der Waals surface area contributed by atoms with Crippen LogP contribution in [0.1, 0.15) is 33.1 Å². The van der Waals surface area contributed by atoms with Gasteiger partial charge in [-0.15, -0.1) is 0 Å². The van der Waals surface area contributed by atoms with E-state index in [1.165, 1.54) is 0 Å². The summed E-state index contributed by atoms with van der Waals surface area (Å²) in [5, 5.41) is 8.24. The summed E-state index contributed by atoms with van der Waals surface area (Å²) in [4.78, 5) is 0. The SMILES string of the molecule is COC(C)(C)CCCC#N. The van der Waals surface area contributed by atoms with Crippen LogP contribution in [0, 0.1) is 11.3 Å². The summed E-state index contributed by atoms with van der Waals surface area (Å²) in [6.45, 7) is 4.06. The smallest absolute Gasteiger partial charge is 0.0623 e. The summed E-state index contributed by atoms with van der Waals surface area (Å²) in [6, 6.07) is 2.11. The van der Waals surface area contributed by atoms with Crippen molar-refractivity contribution in [3.05, 3.63) is 0 Å². The Morgan fingerprint density at radius 2 is 2.10 bits per heavy atom. The Hall–Kier alpha value is -0.550. The molecule has 0 fully saturated rings. The first-order valence-corrected chi connectivity index (χ1v) is 3.54. The first kappa shape index (κ1) is 9.45. The molecule has 0 radical (unpaired) electrons. The monoisotopic (exact) mass is 141 g/mol. The van der Waals surface area contributed by atoms with Gasteiger partial charge < -0.3 is 4.74 Å². The average molecular weight is 141 g/mol. The van der Waals surface area contributed by atoms with Gasteiger partial charge in [-0.2, -0.15) is 5.26 Å². The Morgan fingerprint density at radius 1 is 1.50 bits per heavy atom. The highest BCUT2D eigenvalue weighted by atomic mass is 16.5. The normalized spacial score (nSPS) is 11.0. The van der Waals surface area contributed by atoms with Crippen molar-refractivity contribution < 1.29 is 4.74 Å². The molecule has 0 aromatic carbocycles. The highest BCUT2D eigenvalue weighted by Gasteiger charge is 2.14. The van der Waals surface area contributed by atoms with E-state index >= 15 is 0 Å². The fraction of sp³-hybridized carbons (Fsp3) is 0.875. The Bertz CT molecular complexity index is 124. The molecule has 2 nitrogen and oxygen atoms in total. The van der Waals surface area contributed by atoms with Gasteiger partial charge in [0.25, 0.3) is 0 Å². The van der Waals surface area contributed by atoms with Gasteiger partial charge in [-0.1, -0.05) is 0 Å². The van der Waals surface area contributed by atoms with Gasteiger partial charge in [0.2, 0.25) is 0 Å². The highest BCUT2D eigenvalue weighted by Crippen LogP contribution is 2.15. The molecule has 0 aromatic rings. The fourth-order valence-corrected chi connectivity index (χ4v) is 0.695. The number of hydrogen-bond donors (Lipinski definition) is 0. The van der Waals surface area contributed by atoms with Crippen LogP contribution in [-0.4, -0.2) is 12.7 Å². The molecule has 0 saturated carbocycles. The third kappa shape index (κ3) is 4.34. The molecule has 0 bridgehead atoms. The lowest BCUT2D eigenvalue weighted by molar-refractivity contribution is 0.0142. The predicted octanol–water partition coefficient (Wildman–Crippen LogP) is 2.11. The van der Waals surface area contributed by atoms with Gasteiger partial charge >= 0.3 is 0 Å². The molecule has 0 aliphatic heterocycles. The fourth-order valence-electron chi connectivity index (χ4n) is 0.695. The first-order valence-electron chi connectivity index (χ1n) is 3.54. The van der Waals surface area contributed by atoms with E-state index in [1.807, 2.05) is 13.8 Å². The molecule has 0 spiro atoms. The average Bonchev–Trinajstić information content (AvgIpc) is 1.89. The number of unbranched alkanes of at least 4 members (excludes halogenated alkanes) is 1. The van der Waals surface area contributed by atoms with Crippen molar-refractivity contribution in [2.24, 2.45) is 0 Å². The summed E-state index contributed by atoms with van der Waals surface area (Å²) in [7, 11) is 1.70. The van der Waals surface area contributed by atoms with Crippen molar-refractivity contribution in [2.75, 3.05) is 7.11 Å². The van der Waals surface area contributed by atoms with Gasteiger partial charge in [0.15, 0.2) is 0 Å². The molecule has 2 heteroatoms. The van der Waals surface area contributed by atoms with Gasteiger partial charge in [-0.3, -0.25) is 0 Å². The van der Waals surface area contributed by atoms with E-state index in [0.29, 0.717) is 6.42 Å². The minimum atomic E-state index is -0.0587. The zero-order chi connectivity index (χ0) is 8.04. The lowest BCUT2D eigenvalue weighted by Crippen LogP contribution is -2.21. The largest absolute Gasteiger partial charge is 0.379 e. The van der Waals surface area contributed by atoms with Crippen molar-refractivity contribution in [2.45, 2.75) is 38.7 Å². The lowest BCUT2D eigenvalue weighted by atomic mass is 10.0. The Labute approximate surface area is 62.8 Å². The van der Waals surface area contributed by atoms with E-state index in [2.05, 4.69) is 6.07 Å².